The van der Waals surface area contributed by atoms with Crippen LogP contribution in [0.25, 0.3) is 0 Å². The molecule has 36 heavy (non-hydrogen) atoms. The maximum absolute atomic E-state index is 13.6. The molecule has 3 aliphatic rings. The molecule has 0 aromatic carbocycles. The first-order valence-electron chi connectivity index (χ1n) is 13.1. The summed E-state index contributed by atoms with van der Waals surface area (Å²) >= 11 is 0. The van der Waals surface area contributed by atoms with Crippen molar-refractivity contribution in [3.8, 4) is 0 Å². The fraction of sp³-hybridized carbons (Fsp3) is 0.714. The summed E-state index contributed by atoms with van der Waals surface area (Å²) in [5, 5.41) is 13.5. The zero-order valence-electron chi connectivity index (χ0n) is 22.9. The van der Waals surface area contributed by atoms with E-state index in [4.69, 9.17) is 9.47 Å². The summed E-state index contributed by atoms with van der Waals surface area (Å²) in [6.07, 6.45) is 7.66. The van der Waals surface area contributed by atoms with E-state index in [0.717, 1.165) is 19.3 Å². The number of nitrogens with zero attached hydrogens (tertiary/aromatic N) is 2. The second-order valence-electron chi connectivity index (χ2n) is 12.3. The molecule has 0 aromatic rings. The van der Waals surface area contributed by atoms with Gasteiger partial charge in [0.15, 0.2) is 0 Å². The minimum absolute atomic E-state index is 0.0851. The number of hydrogen-bond donors (Lipinski definition) is 2. The van der Waals surface area contributed by atoms with E-state index < -0.39 is 17.9 Å². The molecule has 0 saturated carbocycles. The van der Waals surface area contributed by atoms with Gasteiger partial charge in [-0.15, -0.1) is 6.58 Å². The number of aliphatic hydroxyl groups excluding tert-OH is 1. The predicted octanol–water partition coefficient (Wildman–Crippen LogP) is 3.97. The summed E-state index contributed by atoms with van der Waals surface area (Å²) in [5.74, 6) is -0.135. The van der Waals surface area contributed by atoms with Crippen LogP contribution in [0.15, 0.2) is 36.0 Å². The smallest absolute Gasteiger partial charge is 0.410 e. The van der Waals surface area contributed by atoms with Gasteiger partial charge in [0, 0.05) is 25.6 Å². The molecular formula is C28H45N3O5. The summed E-state index contributed by atoms with van der Waals surface area (Å²) in [5.41, 5.74) is 1.80. The van der Waals surface area contributed by atoms with Crippen LogP contribution < -0.4 is 5.32 Å². The van der Waals surface area contributed by atoms with Crippen LogP contribution in [0, 0.1) is 10.8 Å². The minimum atomic E-state index is -1.28. The van der Waals surface area contributed by atoms with E-state index in [1.165, 1.54) is 11.1 Å². The van der Waals surface area contributed by atoms with Gasteiger partial charge >= 0.3 is 6.09 Å². The maximum Gasteiger partial charge on any atom is 0.410 e. The van der Waals surface area contributed by atoms with Crippen LogP contribution >= 0.6 is 0 Å². The highest BCUT2D eigenvalue weighted by molar-refractivity contribution is 5.83. The van der Waals surface area contributed by atoms with Crippen molar-refractivity contribution in [2.24, 2.45) is 10.8 Å². The molecule has 0 aromatic heterocycles. The third-order valence-electron chi connectivity index (χ3n) is 7.18. The van der Waals surface area contributed by atoms with E-state index in [2.05, 4.69) is 24.0 Å². The first-order chi connectivity index (χ1) is 16.8. The molecule has 2 fully saturated rings. The van der Waals surface area contributed by atoms with E-state index in [1.54, 1.807) is 9.80 Å². The van der Waals surface area contributed by atoms with Crippen LogP contribution in [0.3, 0.4) is 0 Å². The van der Waals surface area contributed by atoms with Crippen LogP contribution in [-0.2, 0) is 14.3 Å². The molecule has 0 spiro atoms. The highest BCUT2D eigenvalue weighted by Crippen LogP contribution is 2.30. The number of fused-ring (bicyclic) bond motifs is 1. The molecule has 2 saturated heterocycles. The summed E-state index contributed by atoms with van der Waals surface area (Å²) in [6, 6.07) is -0.759. The van der Waals surface area contributed by atoms with Gasteiger partial charge in [-0.25, -0.2) is 4.79 Å². The van der Waals surface area contributed by atoms with Gasteiger partial charge in [-0.1, -0.05) is 52.8 Å². The van der Waals surface area contributed by atoms with Crippen LogP contribution in [0.2, 0.25) is 0 Å². The van der Waals surface area contributed by atoms with Crippen LogP contribution in [0.1, 0.15) is 67.2 Å². The lowest BCUT2D eigenvalue weighted by Gasteiger charge is -2.36. The van der Waals surface area contributed by atoms with Gasteiger partial charge in [-0.2, -0.15) is 0 Å². The molecule has 8 heteroatoms. The number of carbonyl (C=O) groups is 2. The van der Waals surface area contributed by atoms with E-state index in [-0.39, 0.29) is 29.6 Å². The lowest BCUT2D eigenvalue weighted by Crippen LogP contribution is -2.57. The number of rotatable bonds is 9. The number of nitrogens with one attached hydrogen (secondary N) is 1. The molecule has 202 valence electrons. The minimum Gasteiger partial charge on any atom is -0.444 e. The van der Waals surface area contributed by atoms with Crippen molar-refractivity contribution in [1.29, 1.82) is 0 Å². The second-order valence-corrected chi connectivity index (χ2v) is 12.3. The van der Waals surface area contributed by atoms with Gasteiger partial charge in [0.2, 0.25) is 12.3 Å². The molecule has 1 aliphatic carbocycles. The average molecular weight is 504 g/mol. The third kappa shape index (κ3) is 7.20. The largest absolute Gasteiger partial charge is 0.444 e. The van der Waals surface area contributed by atoms with Crippen molar-refractivity contribution < 1.29 is 24.2 Å². The molecule has 8 nitrogen and oxygen atoms in total. The number of amides is 2. The van der Waals surface area contributed by atoms with Gasteiger partial charge in [-0.3, -0.25) is 15.0 Å². The Morgan fingerprint density at radius 3 is 2.36 bits per heavy atom. The molecule has 2 aliphatic heterocycles. The summed E-state index contributed by atoms with van der Waals surface area (Å²) in [7, 11) is 0. The Kier molecular flexibility index (Phi) is 9.06. The quantitative estimate of drug-likeness (QED) is 0.365. The molecule has 2 heterocycles. The lowest BCUT2D eigenvalue weighted by molar-refractivity contribution is -0.161. The number of allylic oxidation sites excluding steroid dienone is 3. The normalized spacial score (nSPS) is 24.1. The Labute approximate surface area is 216 Å². The van der Waals surface area contributed by atoms with Crippen molar-refractivity contribution in [2.45, 2.75) is 91.8 Å². The molecule has 3 rings (SSSR count). The van der Waals surface area contributed by atoms with Gasteiger partial charge in [0.05, 0.1) is 19.2 Å². The lowest BCUT2D eigenvalue weighted by atomic mass is 9.85. The monoisotopic (exact) mass is 503 g/mol. The van der Waals surface area contributed by atoms with Crippen molar-refractivity contribution in [3.05, 3.63) is 36.0 Å². The molecule has 4 atom stereocenters. The van der Waals surface area contributed by atoms with Crippen molar-refractivity contribution in [2.75, 3.05) is 26.2 Å². The van der Waals surface area contributed by atoms with Crippen molar-refractivity contribution in [1.82, 2.24) is 15.1 Å². The van der Waals surface area contributed by atoms with Gasteiger partial charge in [0.25, 0.3) is 0 Å². The number of aliphatic hydroxyl groups is 1. The van der Waals surface area contributed by atoms with Crippen molar-refractivity contribution in [3.63, 3.8) is 0 Å². The fourth-order valence-corrected chi connectivity index (χ4v) is 5.10. The highest BCUT2D eigenvalue weighted by Gasteiger charge is 2.42. The SMILES string of the molecule is C=CCC(C)(C)COC(O)N[C@H](C(=O)N1C[C@H](OC(=O)N2CC3=CCCC=C3C2)CC1C)C(C)(C)C. The van der Waals surface area contributed by atoms with Crippen molar-refractivity contribution >= 4 is 12.0 Å². The second kappa shape index (κ2) is 11.5. The van der Waals surface area contributed by atoms with E-state index in [0.29, 0.717) is 32.7 Å². The highest BCUT2D eigenvalue weighted by atomic mass is 16.6. The predicted molar refractivity (Wildman–Crippen MR) is 140 cm³/mol. The maximum atomic E-state index is 13.6. The topological polar surface area (TPSA) is 91.3 Å². The Balaban J connectivity index is 1.57. The standard InChI is InChI=1S/C28H45N3O5/c1-8-13-28(6,7)18-35-25(33)29-23(27(3,4)5)24(32)31-17-22(14-19(31)2)36-26(34)30-15-20-11-9-10-12-21(20)16-30/h8,11-12,19,22-23,25,29,33H,1,9-10,13-18H2,2-7H3/t19?,22-,23-,25?/m1/s1. The Morgan fingerprint density at radius 1 is 1.19 bits per heavy atom. The Hall–Kier alpha value is -2.16. The molecule has 2 N–H and O–H groups in total. The van der Waals surface area contributed by atoms with E-state index in [9.17, 15) is 14.7 Å². The number of ether oxygens (including phenoxy) is 2. The van der Waals surface area contributed by atoms with Crippen LogP contribution in [0.4, 0.5) is 4.79 Å². The van der Waals surface area contributed by atoms with Gasteiger partial charge < -0.3 is 19.5 Å². The average Bonchev–Trinajstić information content (AvgIpc) is 3.38. The number of likely N-dealkylation sites (tertiary alicyclic amines) is 2. The summed E-state index contributed by atoms with van der Waals surface area (Å²) in [6.45, 7) is 17.5. The van der Waals surface area contributed by atoms with E-state index >= 15 is 0 Å². The summed E-state index contributed by atoms with van der Waals surface area (Å²) in [4.78, 5) is 30.0. The first kappa shape index (κ1) is 28.4. The third-order valence-corrected chi connectivity index (χ3v) is 7.18. The first-order valence-corrected chi connectivity index (χ1v) is 13.1. The molecule has 2 amide bonds. The Bertz CT molecular complexity index is 866. The fourth-order valence-electron chi connectivity index (χ4n) is 5.10. The van der Waals surface area contributed by atoms with Crippen LogP contribution in [0.5, 0.6) is 0 Å². The van der Waals surface area contributed by atoms with Gasteiger partial charge in [-0.05, 0) is 48.2 Å². The number of hydrogen-bond acceptors (Lipinski definition) is 6. The molecule has 2 unspecified atom stereocenters. The van der Waals surface area contributed by atoms with Crippen LogP contribution in [-0.4, -0.2) is 77.7 Å². The molecule has 0 bridgehead atoms. The number of carbonyl (C=O) groups excluding carboxylic acids is 2. The summed E-state index contributed by atoms with van der Waals surface area (Å²) < 4.78 is 11.5. The molecule has 0 radical (unpaired) electrons. The molecular weight excluding hydrogens is 458 g/mol. The van der Waals surface area contributed by atoms with Gasteiger partial charge in [0.1, 0.15) is 6.10 Å². The zero-order chi connectivity index (χ0) is 26.7. The zero-order valence-corrected chi connectivity index (χ0v) is 22.9. The van der Waals surface area contributed by atoms with E-state index in [1.807, 2.05) is 47.6 Å². The Morgan fingerprint density at radius 2 is 1.81 bits per heavy atom.